The van der Waals surface area contributed by atoms with E-state index in [1.165, 1.54) is 13.8 Å². The lowest BCUT2D eigenvalue weighted by Crippen LogP contribution is -2.48. The van der Waals surface area contributed by atoms with Gasteiger partial charge in [-0.1, -0.05) is 19.9 Å². The maximum atomic E-state index is 13.2. The lowest BCUT2D eigenvalue weighted by atomic mass is 10.0. The Bertz CT molecular complexity index is 1220. The number of hydrogen-bond donors (Lipinski definition) is 1. The Morgan fingerprint density at radius 2 is 1.97 bits per heavy atom. The van der Waals surface area contributed by atoms with Gasteiger partial charge in [-0.2, -0.15) is 18.3 Å². The molecular weight excluding hydrogens is 427 g/mol. The molecule has 31 heavy (non-hydrogen) atoms. The first kappa shape index (κ1) is 21.0. The molecule has 1 N–H and O–H groups in total. The molecule has 4 aromatic rings. The predicted molar refractivity (Wildman–Crippen MR) is 112 cm³/mol. The van der Waals surface area contributed by atoms with Crippen molar-refractivity contribution in [1.82, 2.24) is 24.9 Å². The van der Waals surface area contributed by atoms with E-state index in [0.717, 1.165) is 22.6 Å². The number of aromatic nitrogens is 4. The minimum absolute atomic E-state index is 0.189. The number of carbonyl (C=O) groups is 1. The molecule has 4 heterocycles. The van der Waals surface area contributed by atoms with Crippen LogP contribution in [0, 0.1) is 5.92 Å². The van der Waals surface area contributed by atoms with Crippen LogP contribution in [0.2, 0.25) is 0 Å². The van der Waals surface area contributed by atoms with Crippen LogP contribution in [0.25, 0.3) is 28.0 Å². The largest absolute Gasteiger partial charge is 0.408 e. The second kappa shape index (κ2) is 8.10. The summed E-state index contributed by atoms with van der Waals surface area (Å²) in [6, 6.07) is 5.21. The summed E-state index contributed by atoms with van der Waals surface area (Å²) in [4.78, 5) is 21.4. The van der Waals surface area contributed by atoms with Crippen molar-refractivity contribution in [2.45, 2.75) is 26.1 Å². The number of fused-ring (bicyclic) bond motifs is 1. The molecule has 160 valence electrons. The number of nitrogens with one attached hydrogen (secondary N) is 1. The van der Waals surface area contributed by atoms with Crippen LogP contribution in [0.5, 0.6) is 0 Å². The van der Waals surface area contributed by atoms with Crippen LogP contribution in [0.3, 0.4) is 0 Å². The molecule has 0 radical (unpaired) electrons. The average Bonchev–Trinajstić information content (AvgIpc) is 3.38. The van der Waals surface area contributed by atoms with Gasteiger partial charge in [-0.05, 0) is 35.1 Å². The zero-order chi connectivity index (χ0) is 22.2. The van der Waals surface area contributed by atoms with Crippen molar-refractivity contribution in [2.24, 2.45) is 5.92 Å². The number of halogens is 3. The standard InChI is InChI=1S/C21H18F3N5OS/c1-12(2)18(21(22,23)24)28-20(30)17-7-13(11-31-17)15-9-27-29-10-14(8-26-19(15)29)16-5-3-4-6-25-16/h3-12,18H,1-2H3,(H,28,30)/t18-/m0/s1. The summed E-state index contributed by atoms with van der Waals surface area (Å²) in [6.07, 6.45) is 2.27. The predicted octanol–water partition coefficient (Wildman–Crippen LogP) is 4.84. The zero-order valence-electron chi connectivity index (χ0n) is 16.6. The van der Waals surface area contributed by atoms with Gasteiger partial charge in [0.15, 0.2) is 5.65 Å². The Morgan fingerprint density at radius 1 is 1.16 bits per heavy atom. The average molecular weight is 445 g/mol. The van der Waals surface area contributed by atoms with E-state index < -0.39 is 24.0 Å². The number of nitrogens with zero attached hydrogens (tertiary/aromatic N) is 4. The highest BCUT2D eigenvalue weighted by molar-refractivity contribution is 7.12. The first-order valence-corrected chi connectivity index (χ1v) is 10.3. The molecule has 0 spiro atoms. The molecule has 0 fully saturated rings. The molecule has 1 atom stereocenters. The van der Waals surface area contributed by atoms with Crippen molar-refractivity contribution in [3.8, 4) is 22.4 Å². The Hall–Kier alpha value is -3.27. The smallest absolute Gasteiger partial charge is 0.339 e. The molecule has 4 aromatic heterocycles. The molecular formula is C21H18F3N5OS. The van der Waals surface area contributed by atoms with Gasteiger partial charge >= 0.3 is 6.18 Å². The van der Waals surface area contributed by atoms with Crippen LogP contribution in [-0.4, -0.2) is 37.7 Å². The van der Waals surface area contributed by atoms with Gasteiger partial charge in [0.2, 0.25) is 0 Å². The minimum Gasteiger partial charge on any atom is -0.339 e. The number of hydrogen-bond acceptors (Lipinski definition) is 5. The monoisotopic (exact) mass is 445 g/mol. The molecule has 0 bridgehead atoms. The highest BCUT2D eigenvalue weighted by Crippen LogP contribution is 2.30. The van der Waals surface area contributed by atoms with Crippen LogP contribution in [0.4, 0.5) is 13.2 Å². The molecule has 10 heteroatoms. The van der Waals surface area contributed by atoms with E-state index in [4.69, 9.17) is 0 Å². The van der Waals surface area contributed by atoms with Crippen molar-refractivity contribution in [3.05, 3.63) is 59.3 Å². The van der Waals surface area contributed by atoms with Gasteiger partial charge in [-0.15, -0.1) is 11.3 Å². The van der Waals surface area contributed by atoms with Gasteiger partial charge in [-0.3, -0.25) is 9.78 Å². The third kappa shape index (κ3) is 4.29. The second-order valence-corrected chi connectivity index (χ2v) is 8.23. The van der Waals surface area contributed by atoms with Gasteiger partial charge in [0, 0.05) is 29.7 Å². The maximum Gasteiger partial charge on any atom is 0.408 e. The van der Waals surface area contributed by atoms with Gasteiger partial charge in [0.25, 0.3) is 5.91 Å². The fourth-order valence-electron chi connectivity index (χ4n) is 3.18. The molecule has 0 aliphatic rings. The summed E-state index contributed by atoms with van der Waals surface area (Å²) in [7, 11) is 0. The fraction of sp³-hybridized carbons (Fsp3) is 0.238. The molecule has 0 aromatic carbocycles. The molecule has 0 saturated heterocycles. The number of rotatable bonds is 5. The van der Waals surface area contributed by atoms with E-state index in [0.29, 0.717) is 16.8 Å². The van der Waals surface area contributed by atoms with E-state index >= 15 is 0 Å². The number of alkyl halides is 3. The molecule has 0 saturated carbocycles. The van der Waals surface area contributed by atoms with Crippen LogP contribution < -0.4 is 5.32 Å². The third-order valence-electron chi connectivity index (χ3n) is 4.76. The summed E-state index contributed by atoms with van der Waals surface area (Å²) in [5, 5.41) is 8.12. The quantitative estimate of drug-likeness (QED) is 0.477. The normalized spacial score (nSPS) is 13.0. The van der Waals surface area contributed by atoms with E-state index in [9.17, 15) is 18.0 Å². The van der Waals surface area contributed by atoms with E-state index in [2.05, 4.69) is 20.4 Å². The van der Waals surface area contributed by atoms with Crippen LogP contribution >= 0.6 is 11.3 Å². The van der Waals surface area contributed by atoms with Crippen LogP contribution in [0.1, 0.15) is 23.5 Å². The Kier molecular flexibility index (Phi) is 5.48. The van der Waals surface area contributed by atoms with E-state index in [1.54, 1.807) is 40.7 Å². The minimum atomic E-state index is -4.51. The second-order valence-electron chi connectivity index (χ2n) is 7.32. The van der Waals surface area contributed by atoms with Gasteiger partial charge in [-0.25, -0.2) is 9.50 Å². The van der Waals surface area contributed by atoms with Crippen molar-refractivity contribution in [2.75, 3.05) is 0 Å². The third-order valence-corrected chi connectivity index (χ3v) is 5.69. The fourth-order valence-corrected chi connectivity index (χ4v) is 3.99. The SMILES string of the molecule is CC(C)[C@H](NC(=O)c1cc(-c2cnn3cc(-c4ccccn4)cnc23)cs1)C(F)(F)F. The highest BCUT2D eigenvalue weighted by Gasteiger charge is 2.42. The lowest BCUT2D eigenvalue weighted by molar-refractivity contribution is -0.162. The number of carbonyl (C=O) groups excluding carboxylic acids is 1. The van der Waals surface area contributed by atoms with E-state index in [1.807, 2.05) is 18.2 Å². The summed E-state index contributed by atoms with van der Waals surface area (Å²) in [6.45, 7) is 2.84. The number of amides is 1. The van der Waals surface area contributed by atoms with Gasteiger partial charge in [0.05, 0.1) is 16.8 Å². The van der Waals surface area contributed by atoms with Gasteiger partial charge in [0.1, 0.15) is 6.04 Å². The Balaban J connectivity index is 1.59. The Labute approximate surface area is 179 Å². The Morgan fingerprint density at radius 3 is 2.65 bits per heavy atom. The first-order valence-electron chi connectivity index (χ1n) is 9.45. The van der Waals surface area contributed by atoms with Crippen molar-refractivity contribution >= 4 is 22.9 Å². The van der Waals surface area contributed by atoms with Crippen molar-refractivity contribution < 1.29 is 18.0 Å². The summed E-state index contributed by atoms with van der Waals surface area (Å²) < 4.78 is 41.1. The maximum absolute atomic E-state index is 13.2. The molecule has 4 rings (SSSR count). The zero-order valence-corrected chi connectivity index (χ0v) is 17.4. The molecule has 6 nitrogen and oxygen atoms in total. The van der Waals surface area contributed by atoms with Crippen LogP contribution in [0.15, 0.2) is 54.4 Å². The lowest BCUT2D eigenvalue weighted by Gasteiger charge is -2.24. The number of pyridine rings is 1. The van der Waals surface area contributed by atoms with Crippen molar-refractivity contribution in [3.63, 3.8) is 0 Å². The molecule has 1 amide bonds. The summed E-state index contributed by atoms with van der Waals surface area (Å²) in [5.74, 6) is -1.53. The summed E-state index contributed by atoms with van der Waals surface area (Å²) >= 11 is 1.07. The summed E-state index contributed by atoms with van der Waals surface area (Å²) in [5.41, 5.74) is 3.46. The topological polar surface area (TPSA) is 72.2 Å². The highest BCUT2D eigenvalue weighted by atomic mass is 32.1. The molecule has 0 aliphatic heterocycles. The molecule has 0 aliphatic carbocycles. The molecule has 0 unspecified atom stereocenters. The van der Waals surface area contributed by atoms with Gasteiger partial charge < -0.3 is 5.32 Å². The van der Waals surface area contributed by atoms with E-state index in [-0.39, 0.29) is 4.88 Å². The van der Waals surface area contributed by atoms with Crippen LogP contribution in [-0.2, 0) is 0 Å². The number of thiophene rings is 1. The first-order chi connectivity index (χ1) is 14.7. The van der Waals surface area contributed by atoms with Crippen molar-refractivity contribution in [1.29, 1.82) is 0 Å².